The molecule has 102 valence electrons. The van der Waals surface area contributed by atoms with Crippen LogP contribution in [0.1, 0.15) is 12.0 Å². The molecule has 1 aromatic carbocycles. The van der Waals surface area contributed by atoms with Crippen molar-refractivity contribution in [3.8, 4) is 0 Å². The molecule has 2 saturated heterocycles. The topological polar surface area (TPSA) is 43.8 Å². The lowest BCUT2D eigenvalue weighted by Gasteiger charge is -2.47. The summed E-state index contributed by atoms with van der Waals surface area (Å²) in [5.74, 6) is -0.714. The second-order valence-corrected chi connectivity index (χ2v) is 5.99. The van der Waals surface area contributed by atoms with Crippen molar-refractivity contribution < 1.29 is 9.90 Å². The number of rotatable bonds is 4. The summed E-state index contributed by atoms with van der Waals surface area (Å²) < 4.78 is 0. The predicted octanol–water partition coefficient (Wildman–Crippen LogP) is 1.28. The minimum atomic E-state index is -0.714. The van der Waals surface area contributed by atoms with Gasteiger partial charge in [-0.3, -0.25) is 14.6 Å². The van der Waals surface area contributed by atoms with Crippen LogP contribution in [-0.2, 0) is 11.3 Å². The van der Waals surface area contributed by atoms with Crippen LogP contribution in [0, 0.1) is 5.41 Å². The second kappa shape index (κ2) is 4.94. The minimum absolute atomic E-state index is 0.195. The van der Waals surface area contributed by atoms with Crippen LogP contribution in [0.2, 0.25) is 0 Å². The van der Waals surface area contributed by atoms with E-state index < -0.39 is 5.97 Å². The van der Waals surface area contributed by atoms with Gasteiger partial charge >= 0.3 is 5.97 Å². The van der Waals surface area contributed by atoms with E-state index in [1.54, 1.807) is 0 Å². The molecule has 2 aliphatic rings. The fourth-order valence-electron chi connectivity index (χ4n) is 3.47. The number of hydrogen-bond acceptors (Lipinski definition) is 3. The van der Waals surface area contributed by atoms with Gasteiger partial charge in [-0.2, -0.15) is 0 Å². The van der Waals surface area contributed by atoms with Crippen LogP contribution in [0.5, 0.6) is 0 Å². The lowest BCUT2D eigenvalue weighted by molar-refractivity contribution is -0.141. The molecule has 0 aromatic heterocycles. The normalized spacial score (nSPS) is 22.5. The Bertz CT molecular complexity index is 454. The van der Waals surface area contributed by atoms with Gasteiger partial charge in [0.1, 0.15) is 0 Å². The molecule has 19 heavy (non-hydrogen) atoms. The van der Waals surface area contributed by atoms with E-state index in [2.05, 4.69) is 29.2 Å². The van der Waals surface area contributed by atoms with Crippen molar-refractivity contribution >= 4 is 5.97 Å². The molecule has 2 fully saturated rings. The molecule has 0 radical (unpaired) electrons. The van der Waals surface area contributed by atoms with Crippen molar-refractivity contribution in [2.24, 2.45) is 5.41 Å². The first-order chi connectivity index (χ1) is 9.15. The SMILES string of the molecule is O=C(O)CN1CC2(CCN(Cc3ccccc3)C2)C1. The van der Waals surface area contributed by atoms with Crippen LogP contribution in [0.25, 0.3) is 0 Å². The number of likely N-dealkylation sites (tertiary alicyclic amines) is 2. The molecule has 0 atom stereocenters. The Hall–Kier alpha value is -1.39. The molecular weight excluding hydrogens is 240 g/mol. The molecule has 1 aromatic rings. The Kier molecular flexibility index (Phi) is 3.29. The molecule has 4 heteroatoms. The highest BCUT2D eigenvalue weighted by Gasteiger charge is 2.47. The summed E-state index contributed by atoms with van der Waals surface area (Å²) in [7, 11) is 0. The van der Waals surface area contributed by atoms with E-state index in [1.165, 1.54) is 12.0 Å². The fraction of sp³-hybridized carbons (Fsp3) is 0.533. The van der Waals surface area contributed by atoms with Crippen LogP contribution < -0.4 is 0 Å². The predicted molar refractivity (Wildman–Crippen MR) is 72.8 cm³/mol. The van der Waals surface area contributed by atoms with Crippen LogP contribution in [0.4, 0.5) is 0 Å². The van der Waals surface area contributed by atoms with E-state index in [0.29, 0.717) is 5.41 Å². The van der Waals surface area contributed by atoms with E-state index in [4.69, 9.17) is 5.11 Å². The molecular formula is C15H20N2O2. The van der Waals surface area contributed by atoms with Crippen molar-refractivity contribution in [2.75, 3.05) is 32.7 Å². The van der Waals surface area contributed by atoms with Gasteiger partial charge in [0.15, 0.2) is 0 Å². The molecule has 3 rings (SSSR count). The van der Waals surface area contributed by atoms with E-state index in [9.17, 15) is 4.79 Å². The van der Waals surface area contributed by atoms with Crippen molar-refractivity contribution in [2.45, 2.75) is 13.0 Å². The van der Waals surface area contributed by atoms with Gasteiger partial charge in [-0.25, -0.2) is 0 Å². The number of hydrogen-bond donors (Lipinski definition) is 1. The summed E-state index contributed by atoms with van der Waals surface area (Å²) in [6.45, 7) is 5.35. The summed E-state index contributed by atoms with van der Waals surface area (Å²) in [4.78, 5) is 15.2. The van der Waals surface area contributed by atoms with Gasteiger partial charge in [0.05, 0.1) is 6.54 Å². The number of carboxylic acid groups (broad SMARTS) is 1. The third-order valence-corrected chi connectivity index (χ3v) is 4.24. The summed E-state index contributed by atoms with van der Waals surface area (Å²) in [6.07, 6.45) is 1.20. The Labute approximate surface area is 113 Å². The van der Waals surface area contributed by atoms with E-state index in [1.807, 2.05) is 11.0 Å². The zero-order valence-corrected chi connectivity index (χ0v) is 11.1. The standard InChI is InChI=1S/C15H20N2O2/c18-14(19)9-17-11-15(12-17)6-7-16(10-15)8-13-4-2-1-3-5-13/h1-5H,6-12H2,(H,18,19). The van der Waals surface area contributed by atoms with Gasteiger partial charge in [-0.1, -0.05) is 30.3 Å². The molecule has 1 spiro atoms. The van der Waals surface area contributed by atoms with Gasteiger partial charge in [0, 0.05) is 31.6 Å². The second-order valence-electron chi connectivity index (χ2n) is 5.99. The molecule has 2 heterocycles. The van der Waals surface area contributed by atoms with Crippen molar-refractivity contribution in [3.05, 3.63) is 35.9 Å². The maximum absolute atomic E-state index is 10.7. The first-order valence-corrected chi connectivity index (χ1v) is 6.86. The molecule has 2 aliphatic heterocycles. The van der Waals surface area contributed by atoms with E-state index >= 15 is 0 Å². The Morgan fingerprint density at radius 2 is 1.84 bits per heavy atom. The van der Waals surface area contributed by atoms with Crippen molar-refractivity contribution in [1.29, 1.82) is 0 Å². The summed E-state index contributed by atoms with van der Waals surface area (Å²) >= 11 is 0. The monoisotopic (exact) mass is 260 g/mol. The third kappa shape index (κ3) is 2.80. The number of carbonyl (C=O) groups is 1. The summed E-state index contributed by atoms with van der Waals surface area (Å²) in [6, 6.07) is 10.5. The van der Waals surface area contributed by atoms with Gasteiger partial charge < -0.3 is 5.11 Å². The van der Waals surface area contributed by atoms with Gasteiger partial charge in [0.25, 0.3) is 0 Å². The zero-order valence-electron chi connectivity index (χ0n) is 11.1. The molecule has 1 N–H and O–H groups in total. The molecule has 0 aliphatic carbocycles. The lowest BCUT2D eigenvalue weighted by Crippen LogP contribution is -2.58. The van der Waals surface area contributed by atoms with Crippen molar-refractivity contribution in [3.63, 3.8) is 0 Å². The first kappa shape index (κ1) is 12.6. The lowest BCUT2D eigenvalue weighted by atomic mass is 9.79. The number of nitrogens with zero attached hydrogens (tertiary/aromatic N) is 2. The van der Waals surface area contributed by atoms with Crippen LogP contribution in [0.15, 0.2) is 30.3 Å². The number of carboxylic acids is 1. The van der Waals surface area contributed by atoms with Gasteiger partial charge in [-0.15, -0.1) is 0 Å². The Morgan fingerprint density at radius 3 is 2.53 bits per heavy atom. The maximum atomic E-state index is 10.7. The number of aliphatic carboxylic acids is 1. The molecule has 0 bridgehead atoms. The fourth-order valence-corrected chi connectivity index (χ4v) is 3.47. The molecule has 0 unspecified atom stereocenters. The Balaban J connectivity index is 1.50. The average Bonchev–Trinajstić information content (AvgIpc) is 2.73. The molecule has 0 amide bonds. The van der Waals surface area contributed by atoms with Gasteiger partial charge in [-0.05, 0) is 18.5 Å². The average molecular weight is 260 g/mol. The van der Waals surface area contributed by atoms with Crippen LogP contribution in [0.3, 0.4) is 0 Å². The summed E-state index contributed by atoms with van der Waals surface area (Å²) in [5, 5.41) is 8.77. The zero-order chi connectivity index (χ0) is 13.3. The Morgan fingerprint density at radius 1 is 1.16 bits per heavy atom. The third-order valence-electron chi connectivity index (χ3n) is 4.24. The van der Waals surface area contributed by atoms with Crippen LogP contribution in [-0.4, -0.2) is 53.6 Å². The highest BCUT2D eigenvalue weighted by molar-refractivity contribution is 5.69. The highest BCUT2D eigenvalue weighted by Crippen LogP contribution is 2.39. The van der Waals surface area contributed by atoms with Crippen LogP contribution >= 0.6 is 0 Å². The minimum Gasteiger partial charge on any atom is -0.480 e. The molecule has 4 nitrogen and oxygen atoms in total. The molecule has 0 saturated carbocycles. The first-order valence-electron chi connectivity index (χ1n) is 6.86. The number of benzene rings is 1. The van der Waals surface area contributed by atoms with E-state index in [0.717, 1.165) is 32.7 Å². The van der Waals surface area contributed by atoms with Gasteiger partial charge in [0.2, 0.25) is 0 Å². The smallest absolute Gasteiger partial charge is 0.317 e. The maximum Gasteiger partial charge on any atom is 0.317 e. The quantitative estimate of drug-likeness (QED) is 0.885. The largest absolute Gasteiger partial charge is 0.480 e. The van der Waals surface area contributed by atoms with E-state index in [-0.39, 0.29) is 6.54 Å². The highest BCUT2D eigenvalue weighted by atomic mass is 16.4. The summed E-state index contributed by atoms with van der Waals surface area (Å²) in [5.41, 5.74) is 1.73. The van der Waals surface area contributed by atoms with Crippen molar-refractivity contribution in [1.82, 2.24) is 9.80 Å².